The molecule has 4 nitrogen and oxygen atoms in total. The minimum absolute atomic E-state index is 0.300. The summed E-state index contributed by atoms with van der Waals surface area (Å²) in [6.45, 7) is 0. The summed E-state index contributed by atoms with van der Waals surface area (Å²) >= 11 is 11.9. The van der Waals surface area contributed by atoms with Crippen LogP contribution < -0.4 is 14.8 Å². The molecule has 1 N–H and O–H groups in total. The van der Waals surface area contributed by atoms with Crippen LogP contribution in [-0.4, -0.2) is 20.1 Å². The van der Waals surface area contributed by atoms with Crippen LogP contribution in [0, 0.1) is 0 Å². The van der Waals surface area contributed by atoms with Gasteiger partial charge in [-0.1, -0.05) is 29.3 Å². The molecule has 0 aliphatic heterocycles. The number of halogens is 2. The predicted octanol–water partition coefficient (Wildman–Crippen LogP) is 4.26. The van der Waals surface area contributed by atoms with Crippen molar-refractivity contribution in [2.75, 3.05) is 19.5 Å². The van der Waals surface area contributed by atoms with E-state index in [1.165, 1.54) is 14.2 Å². The Morgan fingerprint density at radius 2 is 1.67 bits per heavy atom. The van der Waals surface area contributed by atoms with Gasteiger partial charge in [-0.15, -0.1) is 0 Å². The second kappa shape index (κ2) is 6.70. The molecule has 2 aromatic rings. The highest BCUT2D eigenvalue weighted by Crippen LogP contribution is 2.31. The average molecular weight is 326 g/mol. The molecular formula is C15H13Cl2NO3. The first-order chi connectivity index (χ1) is 10.1. The molecule has 0 aliphatic carbocycles. The number of nitrogens with one attached hydrogen (secondary N) is 1. The third-order valence-electron chi connectivity index (χ3n) is 2.83. The number of rotatable bonds is 4. The number of benzene rings is 2. The Kier molecular flexibility index (Phi) is 4.94. The van der Waals surface area contributed by atoms with E-state index in [2.05, 4.69) is 5.32 Å². The number of carbonyl (C=O) groups is 1. The van der Waals surface area contributed by atoms with Gasteiger partial charge in [0.25, 0.3) is 5.91 Å². The number of anilines is 1. The van der Waals surface area contributed by atoms with E-state index < -0.39 is 0 Å². The lowest BCUT2D eigenvalue weighted by atomic mass is 10.1. The van der Waals surface area contributed by atoms with Crippen molar-refractivity contribution in [2.24, 2.45) is 0 Å². The Bertz CT molecular complexity index is 652. The van der Waals surface area contributed by atoms with Crippen LogP contribution in [0.25, 0.3) is 0 Å². The molecule has 0 saturated heterocycles. The highest BCUT2D eigenvalue weighted by atomic mass is 35.5. The standard InChI is InChI=1S/C15H13Cl2NO3/c1-20-12-4-3-5-13(21-2)14(12)15(19)18-11-7-6-9(16)8-10(11)17/h3-8H,1-2H3,(H,18,19). The van der Waals surface area contributed by atoms with Crippen LogP contribution in [0.1, 0.15) is 10.4 Å². The predicted molar refractivity (Wildman–Crippen MR) is 84.0 cm³/mol. The maximum Gasteiger partial charge on any atom is 0.263 e. The number of ether oxygens (including phenoxy) is 2. The fourth-order valence-corrected chi connectivity index (χ4v) is 2.31. The monoisotopic (exact) mass is 325 g/mol. The van der Waals surface area contributed by atoms with Crippen LogP contribution in [-0.2, 0) is 0 Å². The quantitative estimate of drug-likeness (QED) is 0.913. The van der Waals surface area contributed by atoms with Crippen molar-refractivity contribution in [3.8, 4) is 11.5 Å². The zero-order valence-electron chi connectivity index (χ0n) is 11.4. The third kappa shape index (κ3) is 3.40. The lowest BCUT2D eigenvalue weighted by molar-refractivity contribution is 0.102. The summed E-state index contributed by atoms with van der Waals surface area (Å²) in [6.07, 6.45) is 0. The Morgan fingerprint density at radius 3 is 2.19 bits per heavy atom. The van der Waals surface area contributed by atoms with Gasteiger partial charge < -0.3 is 14.8 Å². The molecule has 1 amide bonds. The molecule has 2 rings (SSSR count). The second-order valence-electron chi connectivity index (χ2n) is 4.12. The molecule has 2 aromatic carbocycles. The minimum Gasteiger partial charge on any atom is -0.496 e. The molecule has 0 atom stereocenters. The molecule has 0 aliphatic rings. The summed E-state index contributed by atoms with van der Waals surface area (Å²) in [7, 11) is 2.97. The third-order valence-corrected chi connectivity index (χ3v) is 3.38. The summed E-state index contributed by atoms with van der Waals surface area (Å²) in [5.41, 5.74) is 0.757. The number of carbonyl (C=O) groups excluding carboxylic acids is 1. The van der Waals surface area contributed by atoms with E-state index in [4.69, 9.17) is 32.7 Å². The van der Waals surface area contributed by atoms with Gasteiger partial charge in [-0.05, 0) is 30.3 Å². The molecule has 0 bridgehead atoms. The number of amides is 1. The first-order valence-electron chi connectivity index (χ1n) is 6.04. The van der Waals surface area contributed by atoms with Crippen LogP contribution >= 0.6 is 23.2 Å². The van der Waals surface area contributed by atoms with Crippen molar-refractivity contribution in [2.45, 2.75) is 0 Å². The summed E-state index contributed by atoms with van der Waals surface area (Å²) in [4.78, 5) is 12.4. The van der Waals surface area contributed by atoms with E-state index in [9.17, 15) is 4.79 Å². The topological polar surface area (TPSA) is 47.6 Å². The molecular weight excluding hydrogens is 313 g/mol. The SMILES string of the molecule is COc1cccc(OC)c1C(=O)Nc1ccc(Cl)cc1Cl. The second-order valence-corrected chi connectivity index (χ2v) is 4.96. The number of hydrogen-bond donors (Lipinski definition) is 1. The van der Waals surface area contributed by atoms with Crippen LogP contribution in [0.15, 0.2) is 36.4 Å². The van der Waals surface area contributed by atoms with Gasteiger partial charge in [0, 0.05) is 5.02 Å². The first kappa shape index (κ1) is 15.5. The van der Waals surface area contributed by atoms with E-state index in [0.717, 1.165) is 0 Å². The molecule has 6 heteroatoms. The van der Waals surface area contributed by atoms with Gasteiger partial charge in [0.05, 0.1) is 24.9 Å². The molecule has 21 heavy (non-hydrogen) atoms. The molecule has 0 aromatic heterocycles. The summed E-state index contributed by atoms with van der Waals surface area (Å²) < 4.78 is 10.4. The Morgan fingerprint density at radius 1 is 1.05 bits per heavy atom. The van der Waals surface area contributed by atoms with Crippen molar-refractivity contribution in [1.82, 2.24) is 0 Å². The minimum atomic E-state index is -0.381. The van der Waals surface area contributed by atoms with Gasteiger partial charge >= 0.3 is 0 Å². The molecule has 0 fully saturated rings. The highest BCUT2D eigenvalue weighted by Gasteiger charge is 2.19. The van der Waals surface area contributed by atoms with Crippen LogP contribution in [0.5, 0.6) is 11.5 Å². The van der Waals surface area contributed by atoms with Gasteiger partial charge in [0.2, 0.25) is 0 Å². The number of hydrogen-bond acceptors (Lipinski definition) is 3. The van der Waals surface area contributed by atoms with E-state index in [-0.39, 0.29) is 5.91 Å². The van der Waals surface area contributed by atoms with Crippen LogP contribution in [0.4, 0.5) is 5.69 Å². The van der Waals surface area contributed by atoms with Gasteiger partial charge in [-0.3, -0.25) is 4.79 Å². The molecule has 0 spiro atoms. The molecule has 0 heterocycles. The lowest BCUT2D eigenvalue weighted by Crippen LogP contribution is -2.14. The number of methoxy groups -OCH3 is 2. The highest BCUT2D eigenvalue weighted by molar-refractivity contribution is 6.36. The van der Waals surface area contributed by atoms with E-state index in [1.54, 1.807) is 36.4 Å². The average Bonchev–Trinajstić information content (AvgIpc) is 2.49. The van der Waals surface area contributed by atoms with Gasteiger partial charge in [0.1, 0.15) is 17.1 Å². The van der Waals surface area contributed by atoms with Crippen LogP contribution in [0.2, 0.25) is 10.0 Å². The fourth-order valence-electron chi connectivity index (χ4n) is 1.85. The Balaban J connectivity index is 2.36. The zero-order chi connectivity index (χ0) is 15.4. The van der Waals surface area contributed by atoms with E-state index in [1.807, 2.05) is 0 Å². The van der Waals surface area contributed by atoms with E-state index >= 15 is 0 Å². The molecule has 0 saturated carbocycles. The smallest absolute Gasteiger partial charge is 0.263 e. The Labute approximate surface area is 132 Å². The van der Waals surface area contributed by atoms with Crippen molar-refractivity contribution < 1.29 is 14.3 Å². The van der Waals surface area contributed by atoms with E-state index in [0.29, 0.717) is 32.8 Å². The Hall–Kier alpha value is -1.91. The van der Waals surface area contributed by atoms with Crippen molar-refractivity contribution in [1.29, 1.82) is 0 Å². The normalized spacial score (nSPS) is 10.1. The molecule has 0 radical (unpaired) electrons. The summed E-state index contributed by atoms with van der Waals surface area (Å²) in [5, 5.41) is 3.56. The largest absolute Gasteiger partial charge is 0.496 e. The summed E-state index contributed by atoms with van der Waals surface area (Å²) in [5.74, 6) is 0.447. The van der Waals surface area contributed by atoms with Crippen molar-refractivity contribution >= 4 is 34.8 Å². The summed E-state index contributed by atoms with van der Waals surface area (Å²) in [6, 6.07) is 9.93. The van der Waals surface area contributed by atoms with Gasteiger partial charge in [-0.2, -0.15) is 0 Å². The van der Waals surface area contributed by atoms with Crippen molar-refractivity contribution in [3.05, 3.63) is 52.0 Å². The van der Waals surface area contributed by atoms with Gasteiger partial charge in [-0.25, -0.2) is 0 Å². The first-order valence-corrected chi connectivity index (χ1v) is 6.79. The zero-order valence-corrected chi connectivity index (χ0v) is 13.0. The van der Waals surface area contributed by atoms with Crippen molar-refractivity contribution in [3.63, 3.8) is 0 Å². The lowest BCUT2D eigenvalue weighted by Gasteiger charge is -2.13. The van der Waals surface area contributed by atoms with Gasteiger partial charge in [0.15, 0.2) is 0 Å². The van der Waals surface area contributed by atoms with Crippen LogP contribution in [0.3, 0.4) is 0 Å². The molecule has 110 valence electrons. The molecule has 0 unspecified atom stereocenters. The maximum atomic E-state index is 12.4. The maximum absolute atomic E-state index is 12.4. The fraction of sp³-hybridized carbons (Fsp3) is 0.133.